The Morgan fingerprint density at radius 3 is 2.56 bits per heavy atom. The van der Waals surface area contributed by atoms with E-state index in [2.05, 4.69) is 4.98 Å². The second-order valence-electron chi connectivity index (χ2n) is 9.03. The van der Waals surface area contributed by atoms with Gasteiger partial charge in [0.05, 0.1) is 11.1 Å². The van der Waals surface area contributed by atoms with Crippen LogP contribution in [0.5, 0.6) is 0 Å². The molecule has 2 aliphatic rings. The number of fused-ring (bicyclic) bond motifs is 1. The van der Waals surface area contributed by atoms with Crippen molar-refractivity contribution in [2.24, 2.45) is 0 Å². The molecule has 0 spiro atoms. The molecule has 1 saturated heterocycles. The molecule has 1 aromatic heterocycles. The van der Waals surface area contributed by atoms with Gasteiger partial charge < -0.3 is 9.32 Å². The van der Waals surface area contributed by atoms with Crippen LogP contribution in [0.2, 0.25) is 0 Å². The van der Waals surface area contributed by atoms with Gasteiger partial charge in [-0.25, -0.2) is 13.4 Å². The van der Waals surface area contributed by atoms with Crippen molar-refractivity contribution in [2.75, 3.05) is 24.5 Å². The Morgan fingerprint density at radius 1 is 1.03 bits per heavy atom. The van der Waals surface area contributed by atoms with Gasteiger partial charge in [0.15, 0.2) is 11.7 Å². The summed E-state index contributed by atoms with van der Waals surface area (Å²) in [5.74, 6) is 1.21. The van der Waals surface area contributed by atoms with E-state index in [9.17, 15) is 13.2 Å². The number of amides is 1. The van der Waals surface area contributed by atoms with Crippen molar-refractivity contribution in [3.8, 4) is 11.3 Å². The number of hydrogen-bond acceptors (Lipinski definition) is 5. The molecule has 0 unspecified atom stereocenters. The number of anilines is 1. The fourth-order valence-corrected chi connectivity index (χ4v) is 6.25. The topological polar surface area (TPSA) is 83.7 Å². The first-order valence-electron chi connectivity index (χ1n) is 11.9. The second-order valence-corrected chi connectivity index (χ2v) is 11.0. The lowest BCUT2D eigenvalue weighted by molar-refractivity contribution is -0.118. The Balaban J connectivity index is 1.24. The van der Waals surface area contributed by atoms with E-state index >= 15 is 0 Å². The number of aromatic nitrogens is 1. The van der Waals surface area contributed by atoms with Gasteiger partial charge in [-0.1, -0.05) is 36.2 Å². The third kappa shape index (κ3) is 4.52. The minimum atomic E-state index is -3.48. The second kappa shape index (κ2) is 9.35. The number of oxazole rings is 1. The third-order valence-corrected chi connectivity index (χ3v) is 8.54. The van der Waals surface area contributed by atoms with E-state index in [1.54, 1.807) is 33.6 Å². The number of benzene rings is 2. The largest absolute Gasteiger partial charge is 0.441 e. The number of carbonyl (C=O) groups is 1. The minimum absolute atomic E-state index is 0.0135. The molecule has 0 N–H and O–H groups in total. The highest BCUT2D eigenvalue weighted by Gasteiger charge is 2.30. The zero-order valence-corrected chi connectivity index (χ0v) is 20.2. The smallest absolute Gasteiger partial charge is 0.243 e. The standard InChI is InChI=1S/C26H29N3O4S/c1-19-5-7-20(8-6-19)24-18-27-25(33-24)11-12-26(30)29-16-13-21-17-22(9-10-23(21)29)34(31,32)28-14-3-2-4-15-28/h5-10,17-18H,2-4,11-16H2,1H3. The summed E-state index contributed by atoms with van der Waals surface area (Å²) < 4.78 is 33.5. The van der Waals surface area contributed by atoms with Crippen LogP contribution in [0.1, 0.15) is 42.7 Å². The van der Waals surface area contributed by atoms with Crippen molar-refractivity contribution in [3.05, 3.63) is 65.7 Å². The van der Waals surface area contributed by atoms with Crippen molar-refractivity contribution in [1.82, 2.24) is 9.29 Å². The molecule has 1 fully saturated rings. The van der Waals surface area contributed by atoms with Gasteiger partial charge in [-0.3, -0.25) is 4.79 Å². The quantitative estimate of drug-likeness (QED) is 0.525. The Bertz CT molecular complexity index is 1290. The van der Waals surface area contributed by atoms with E-state index in [-0.39, 0.29) is 12.3 Å². The summed E-state index contributed by atoms with van der Waals surface area (Å²) in [6, 6.07) is 13.2. The predicted octanol–water partition coefficient (Wildman–Crippen LogP) is 4.35. The van der Waals surface area contributed by atoms with E-state index in [1.807, 2.05) is 31.2 Å². The Hall–Kier alpha value is -2.97. The van der Waals surface area contributed by atoms with Crippen LogP contribution in [0, 0.1) is 6.92 Å². The van der Waals surface area contributed by atoms with Crippen LogP contribution in [0.4, 0.5) is 5.69 Å². The van der Waals surface area contributed by atoms with Crippen LogP contribution in [-0.4, -0.2) is 43.2 Å². The maximum atomic E-state index is 13.0. The summed E-state index contributed by atoms with van der Waals surface area (Å²) in [5, 5.41) is 0. The van der Waals surface area contributed by atoms with Crippen molar-refractivity contribution in [3.63, 3.8) is 0 Å². The summed E-state index contributed by atoms with van der Waals surface area (Å²) in [7, 11) is -3.48. The zero-order chi connectivity index (χ0) is 23.7. The van der Waals surface area contributed by atoms with Gasteiger partial charge in [-0.2, -0.15) is 4.31 Å². The Morgan fingerprint density at radius 2 is 1.79 bits per heavy atom. The number of piperidine rings is 1. The molecule has 34 heavy (non-hydrogen) atoms. The number of hydrogen-bond donors (Lipinski definition) is 0. The average molecular weight is 480 g/mol. The van der Waals surface area contributed by atoms with Crippen molar-refractivity contribution in [1.29, 1.82) is 0 Å². The molecule has 3 heterocycles. The van der Waals surface area contributed by atoms with Gasteiger partial charge >= 0.3 is 0 Å². The summed E-state index contributed by atoms with van der Waals surface area (Å²) in [6.45, 7) is 3.75. The number of carbonyl (C=O) groups excluding carboxylic acids is 1. The maximum Gasteiger partial charge on any atom is 0.243 e. The summed E-state index contributed by atoms with van der Waals surface area (Å²) >= 11 is 0. The third-order valence-electron chi connectivity index (χ3n) is 6.64. The molecule has 0 aliphatic carbocycles. The fourth-order valence-electron chi connectivity index (χ4n) is 4.68. The van der Waals surface area contributed by atoms with E-state index < -0.39 is 10.0 Å². The lowest BCUT2D eigenvalue weighted by Gasteiger charge is -2.26. The normalized spacial score (nSPS) is 16.6. The predicted molar refractivity (Wildman–Crippen MR) is 130 cm³/mol. The van der Waals surface area contributed by atoms with Gasteiger partial charge in [0, 0.05) is 43.7 Å². The van der Waals surface area contributed by atoms with E-state index in [0.717, 1.165) is 36.1 Å². The fraction of sp³-hybridized carbons (Fsp3) is 0.385. The molecule has 2 aromatic carbocycles. The monoisotopic (exact) mass is 479 g/mol. The molecular formula is C26H29N3O4S. The molecule has 1 amide bonds. The van der Waals surface area contributed by atoms with Gasteiger partial charge in [0.1, 0.15) is 0 Å². The first-order valence-corrected chi connectivity index (χ1v) is 13.3. The van der Waals surface area contributed by atoms with Crippen LogP contribution < -0.4 is 4.90 Å². The summed E-state index contributed by atoms with van der Waals surface area (Å²) in [5.41, 5.74) is 3.84. The molecule has 0 bridgehead atoms. The number of nitrogens with zero attached hydrogens (tertiary/aromatic N) is 3. The first kappa shape index (κ1) is 22.8. The highest BCUT2D eigenvalue weighted by Crippen LogP contribution is 2.32. The molecule has 3 aromatic rings. The van der Waals surface area contributed by atoms with Gasteiger partial charge in [0.2, 0.25) is 15.9 Å². The highest BCUT2D eigenvalue weighted by molar-refractivity contribution is 7.89. The average Bonchev–Trinajstić information content (AvgIpc) is 3.50. The maximum absolute atomic E-state index is 13.0. The molecule has 0 radical (unpaired) electrons. The number of sulfonamides is 1. The van der Waals surface area contributed by atoms with Crippen LogP contribution >= 0.6 is 0 Å². The lowest BCUT2D eigenvalue weighted by Crippen LogP contribution is -2.35. The number of aryl methyl sites for hydroxylation is 2. The van der Waals surface area contributed by atoms with Crippen LogP contribution in [0.15, 0.2) is 58.0 Å². The lowest BCUT2D eigenvalue weighted by atomic mass is 10.1. The molecule has 7 nitrogen and oxygen atoms in total. The van der Waals surface area contributed by atoms with E-state index in [4.69, 9.17) is 4.42 Å². The minimum Gasteiger partial charge on any atom is -0.441 e. The van der Waals surface area contributed by atoms with Crippen LogP contribution in [0.25, 0.3) is 11.3 Å². The van der Waals surface area contributed by atoms with Crippen molar-refractivity contribution in [2.45, 2.75) is 50.3 Å². The molecular weight excluding hydrogens is 450 g/mol. The Kier molecular flexibility index (Phi) is 6.27. The summed E-state index contributed by atoms with van der Waals surface area (Å²) in [4.78, 5) is 19.4. The zero-order valence-electron chi connectivity index (χ0n) is 19.4. The van der Waals surface area contributed by atoms with Crippen molar-refractivity contribution >= 4 is 21.6 Å². The molecule has 0 saturated carbocycles. The molecule has 5 rings (SSSR count). The Labute approximate surface area is 200 Å². The van der Waals surface area contributed by atoms with Crippen LogP contribution in [0.3, 0.4) is 0 Å². The highest BCUT2D eigenvalue weighted by atomic mass is 32.2. The van der Waals surface area contributed by atoms with Crippen molar-refractivity contribution < 1.29 is 17.6 Å². The SMILES string of the molecule is Cc1ccc(-c2cnc(CCC(=O)N3CCc4cc(S(=O)(=O)N5CCCCC5)ccc43)o2)cc1. The van der Waals surface area contributed by atoms with Crippen LogP contribution in [-0.2, 0) is 27.7 Å². The summed E-state index contributed by atoms with van der Waals surface area (Å²) in [6.07, 6.45) is 5.93. The molecule has 2 aliphatic heterocycles. The molecule has 8 heteroatoms. The van der Waals surface area contributed by atoms with Gasteiger partial charge in [0.25, 0.3) is 0 Å². The molecule has 0 atom stereocenters. The van der Waals surface area contributed by atoms with E-state index in [1.165, 1.54) is 5.56 Å². The molecule has 178 valence electrons. The van der Waals surface area contributed by atoms with Gasteiger partial charge in [-0.15, -0.1) is 0 Å². The first-order chi connectivity index (χ1) is 16.4. The van der Waals surface area contributed by atoms with E-state index in [0.29, 0.717) is 49.0 Å². The number of rotatable bonds is 6. The van der Waals surface area contributed by atoms with Gasteiger partial charge in [-0.05, 0) is 49.9 Å².